The molecular formula is C29H38F3N7O3. The molecule has 2 aliphatic rings. The fourth-order valence-electron chi connectivity index (χ4n) is 5.71. The lowest BCUT2D eigenvalue weighted by Gasteiger charge is -2.35. The first-order valence-corrected chi connectivity index (χ1v) is 14.2. The van der Waals surface area contributed by atoms with Crippen molar-refractivity contribution < 1.29 is 27.6 Å². The minimum atomic E-state index is -4.66. The van der Waals surface area contributed by atoms with Crippen LogP contribution >= 0.6 is 0 Å². The van der Waals surface area contributed by atoms with E-state index in [1.807, 2.05) is 7.05 Å². The average Bonchev–Trinajstić information content (AvgIpc) is 3.43. The van der Waals surface area contributed by atoms with E-state index in [-0.39, 0.29) is 54.3 Å². The number of nitrogens with one attached hydrogen (secondary N) is 3. The molecule has 1 aromatic heterocycles. The predicted octanol–water partition coefficient (Wildman–Crippen LogP) is 3.23. The van der Waals surface area contributed by atoms with Gasteiger partial charge in [0, 0.05) is 43.5 Å². The third-order valence-corrected chi connectivity index (χ3v) is 8.27. The Kier molecular flexibility index (Phi) is 10.0. The normalized spacial score (nSPS) is 19.8. The average molecular weight is 590 g/mol. The van der Waals surface area contributed by atoms with Gasteiger partial charge in [-0.15, -0.1) is 0 Å². The molecule has 1 saturated heterocycles. The van der Waals surface area contributed by atoms with E-state index in [0.29, 0.717) is 30.5 Å². The summed E-state index contributed by atoms with van der Waals surface area (Å²) < 4.78 is 41.6. The van der Waals surface area contributed by atoms with Crippen LogP contribution in [-0.2, 0) is 22.2 Å². The maximum atomic E-state index is 13.9. The van der Waals surface area contributed by atoms with E-state index in [9.17, 15) is 27.6 Å². The molecule has 42 heavy (non-hydrogen) atoms. The molecule has 0 unspecified atom stereocenters. The second-order valence-corrected chi connectivity index (χ2v) is 11.1. The molecule has 228 valence electrons. The van der Waals surface area contributed by atoms with Crippen molar-refractivity contribution in [3.05, 3.63) is 47.3 Å². The topological polar surface area (TPSA) is 120 Å². The van der Waals surface area contributed by atoms with Crippen LogP contribution < -0.4 is 16.0 Å². The minimum absolute atomic E-state index is 0.0147. The van der Waals surface area contributed by atoms with Crippen molar-refractivity contribution in [2.45, 2.75) is 50.7 Å². The molecule has 10 nitrogen and oxygen atoms in total. The van der Waals surface area contributed by atoms with Crippen molar-refractivity contribution in [3.63, 3.8) is 0 Å². The summed E-state index contributed by atoms with van der Waals surface area (Å²) in [7, 11) is 5.33. The first-order valence-electron chi connectivity index (χ1n) is 14.2. The Morgan fingerprint density at radius 1 is 1.07 bits per heavy atom. The van der Waals surface area contributed by atoms with Crippen LogP contribution in [0, 0.1) is 11.8 Å². The highest BCUT2D eigenvalue weighted by molar-refractivity contribution is 5.94. The van der Waals surface area contributed by atoms with Crippen LogP contribution in [0.5, 0.6) is 0 Å². The third kappa shape index (κ3) is 7.75. The Balaban J connectivity index is 1.45. The van der Waals surface area contributed by atoms with Gasteiger partial charge in [0.05, 0.1) is 17.8 Å². The number of aromatic nitrogens is 2. The number of carbonyl (C=O) groups is 3. The number of benzene rings is 1. The molecule has 1 aliphatic carbocycles. The van der Waals surface area contributed by atoms with Crippen molar-refractivity contribution in [1.29, 1.82) is 0 Å². The van der Waals surface area contributed by atoms with E-state index >= 15 is 0 Å². The molecule has 0 spiro atoms. The molecule has 1 aromatic carbocycles. The quantitative estimate of drug-likeness (QED) is 0.411. The predicted molar refractivity (Wildman–Crippen MR) is 151 cm³/mol. The Bertz CT molecular complexity index is 1260. The lowest BCUT2D eigenvalue weighted by Crippen LogP contribution is -2.44. The number of anilines is 2. The molecule has 3 N–H and O–H groups in total. The second-order valence-electron chi connectivity index (χ2n) is 11.1. The maximum absolute atomic E-state index is 13.9. The van der Waals surface area contributed by atoms with E-state index < -0.39 is 17.7 Å². The van der Waals surface area contributed by atoms with Gasteiger partial charge in [-0.1, -0.05) is 6.42 Å². The van der Waals surface area contributed by atoms with Gasteiger partial charge in [0.2, 0.25) is 17.8 Å². The van der Waals surface area contributed by atoms with E-state index in [0.717, 1.165) is 32.1 Å². The van der Waals surface area contributed by atoms with Gasteiger partial charge < -0.3 is 25.8 Å². The number of piperidine rings is 1. The van der Waals surface area contributed by atoms with Gasteiger partial charge in [0.25, 0.3) is 5.91 Å². The lowest BCUT2D eigenvalue weighted by molar-refractivity contribution is -0.138. The fraction of sp³-hybridized carbons (Fsp3) is 0.552. The molecule has 2 atom stereocenters. The SMILES string of the molecule is CNC(=O)CNC(=O)[C@H]1CCC[C@H]1Cc1nc(Nc2ccc(C(=O)N(C)C3CCN(C)CC3)cc2)ncc1C(F)(F)F. The molecule has 2 fully saturated rings. The van der Waals surface area contributed by atoms with Gasteiger partial charge in [-0.25, -0.2) is 9.97 Å². The summed E-state index contributed by atoms with van der Waals surface area (Å²) >= 11 is 0. The first-order chi connectivity index (χ1) is 20.0. The highest BCUT2D eigenvalue weighted by Gasteiger charge is 2.39. The third-order valence-electron chi connectivity index (χ3n) is 8.27. The van der Waals surface area contributed by atoms with Gasteiger partial charge >= 0.3 is 6.18 Å². The van der Waals surface area contributed by atoms with Gasteiger partial charge in [-0.2, -0.15) is 13.2 Å². The lowest BCUT2D eigenvalue weighted by atomic mass is 9.89. The molecule has 0 radical (unpaired) electrons. The van der Waals surface area contributed by atoms with Crippen molar-refractivity contribution in [3.8, 4) is 0 Å². The molecule has 3 amide bonds. The molecule has 1 aliphatic heterocycles. The molecule has 2 heterocycles. The summed E-state index contributed by atoms with van der Waals surface area (Å²) in [6.07, 6.45) is -0.342. The Morgan fingerprint density at radius 3 is 2.40 bits per heavy atom. The maximum Gasteiger partial charge on any atom is 0.419 e. The van der Waals surface area contributed by atoms with Crippen LogP contribution in [0.1, 0.15) is 53.7 Å². The number of carbonyl (C=O) groups excluding carboxylic acids is 3. The number of likely N-dealkylation sites (tertiary alicyclic amines) is 1. The van der Waals surface area contributed by atoms with Gasteiger partial charge in [0.1, 0.15) is 0 Å². The van der Waals surface area contributed by atoms with Crippen LogP contribution in [-0.4, -0.2) is 84.3 Å². The molecule has 0 bridgehead atoms. The molecule has 1 saturated carbocycles. The largest absolute Gasteiger partial charge is 0.419 e. The van der Waals surface area contributed by atoms with Crippen LogP contribution in [0.15, 0.2) is 30.5 Å². The number of rotatable bonds is 9. The molecular weight excluding hydrogens is 551 g/mol. The van der Waals surface area contributed by atoms with E-state index in [1.54, 1.807) is 29.2 Å². The van der Waals surface area contributed by atoms with Crippen molar-refractivity contribution in [1.82, 2.24) is 30.4 Å². The number of nitrogens with zero attached hydrogens (tertiary/aromatic N) is 4. The minimum Gasteiger partial charge on any atom is -0.358 e. The molecule has 4 rings (SSSR count). The Morgan fingerprint density at radius 2 is 1.76 bits per heavy atom. The van der Waals surface area contributed by atoms with Crippen LogP contribution in [0.25, 0.3) is 0 Å². The van der Waals surface area contributed by atoms with E-state index in [1.165, 1.54) is 7.05 Å². The first kappa shape index (κ1) is 31.2. The Labute approximate surface area is 243 Å². The number of halogens is 3. The van der Waals surface area contributed by atoms with Crippen molar-refractivity contribution in [2.75, 3.05) is 46.1 Å². The summed E-state index contributed by atoms with van der Waals surface area (Å²) in [6, 6.07) is 6.84. The molecule has 2 aromatic rings. The van der Waals surface area contributed by atoms with Crippen molar-refractivity contribution >= 4 is 29.4 Å². The summed E-state index contributed by atoms with van der Waals surface area (Å²) in [5, 5.41) is 7.93. The van der Waals surface area contributed by atoms with Crippen LogP contribution in [0.4, 0.5) is 24.8 Å². The van der Waals surface area contributed by atoms with Crippen LogP contribution in [0.2, 0.25) is 0 Å². The monoisotopic (exact) mass is 589 g/mol. The molecule has 13 heteroatoms. The van der Waals surface area contributed by atoms with Gasteiger partial charge in [0.15, 0.2) is 0 Å². The van der Waals surface area contributed by atoms with Crippen molar-refractivity contribution in [2.24, 2.45) is 11.8 Å². The number of hydrogen-bond donors (Lipinski definition) is 3. The van der Waals surface area contributed by atoms with Gasteiger partial charge in [-0.05, 0) is 82.4 Å². The summed E-state index contributed by atoms with van der Waals surface area (Å²) in [4.78, 5) is 49.3. The number of alkyl halides is 3. The Hall–Kier alpha value is -3.74. The number of amides is 3. The zero-order valence-corrected chi connectivity index (χ0v) is 24.1. The zero-order valence-electron chi connectivity index (χ0n) is 24.1. The smallest absolute Gasteiger partial charge is 0.358 e. The highest BCUT2D eigenvalue weighted by atomic mass is 19.4. The van der Waals surface area contributed by atoms with E-state index in [4.69, 9.17) is 0 Å². The zero-order chi connectivity index (χ0) is 30.4. The van der Waals surface area contributed by atoms with E-state index in [2.05, 4.69) is 37.9 Å². The standard InChI is InChI=1S/C29H38F3N7O3/c1-33-25(40)17-34-26(41)22-6-4-5-19(22)15-24-23(29(30,31)32)16-35-28(37-24)36-20-9-7-18(8-10-20)27(42)39(3)21-11-13-38(2)14-12-21/h7-10,16,19,21-22H,4-6,11-15,17H2,1-3H3,(H,33,40)(H,34,41)(H,35,36,37)/t19-,22-/m0/s1. The number of likely N-dealkylation sites (N-methyl/N-ethyl adjacent to an activating group) is 1. The van der Waals surface area contributed by atoms with Crippen LogP contribution in [0.3, 0.4) is 0 Å². The fourth-order valence-corrected chi connectivity index (χ4v) is 5.71. The van der Waals surface area contributed by atoms with Gasteiger partial charge in [-0.3, -0.25) is 14.4 Å². The summed E-state index contributed by atoms with van der Waals surface area (Å²) in [5.74, 6) is -1.68. The highest BCUT2D eigenvalue weighted by Crippen LogP contribution is 2.38. The summed E-state index contributed by atoms with van der Waals surface area (Å²) in [6.45, 7) is 1.69. The summed E-state index contributed by atoms with van der Waals surface area (Å²) in [5.41, 5.74) is -0.102. The second kappa shape index (κ2) is 13.5. The number of hydrogen-bond acceptors (Lipinski definition) is 7.